The molecule has 1 N–H and O–H groups in total. The number of fused-ring (bicyclic) bond motifs is 1. The van der Waals surface area contributed by atoms with Crippen LogP contribution in [0.25, 0.3) is 11.4 Å². The van der Waals surface area contributed by atoms with Gasteiger partial charge in [0.15, 0.2) is 5.82 Å². The van der Waals surface area contributed by atoms with Gasteiger partial charge in [-0.3, -0.25) is 4.90 Å². The third kappa shape index (κ3) is 3.20. The molecule has 2 saturated heterocycles. The maximum absolute atomic E-state index is 9.90. The molecule has 2 aromatic rings. The molecule has 0 spiro atoms. The molecule has 0 aliphatic carbocycles. The maximum Gasteiger partial charge on any atom is 0.162 e. The van der Waals surface area contributed by atoms with Gasteiger partial charge in [-0.2, -0.15) is 0 Å². The summed E-state index contributed by atoms with van der Waals surface area (Å²) in [6.45, 7) is 4.31. The lowest BCUT2D eigenvalue weighted by atomic mass is 9.76. The number of rotatable bonds is 5. The number of methoxy groups -OCH3 is 1. The molecule has 6 heteroatoms. The SMILES string of the molecule is COc1ccccc1-c1ncc(CN2C[C@@H]3CCOC[C@]3(CO)C2)cn1. The van der Waals surface area contributed by atoms with Crippen LogP contribution in [-0.4, -0.2) is 60.0 Å². The molecule has 1 aromatic heterocycles. The minimum Gasteiger partial charge on any atom is -0.496 e. The number of nitrogens with zero attached hydrogens (tertiary/aromatic N) is 3. The van der Waals surface area contributed by atoms with Crippen molar-refractivity contribution >= 4 is 0 Å². The number of benzene rings is 1. The molecule has 26 heavy (non-hydrogen) atoms. The van der Waals surface area contributed by atoms with Crippen molar-refractivity contribution in [2.45, 2.75) is 13.0 Å². The predicted octanol–water partition coefficient (Wildman–Crippen LogP) is 1.98. The minimum absolute atomic E-state index is 0.101. The largest absolute Gasteiger partial charge is 0.496 e. The average Bonchev–Trinajstić information content (AvgIpc) is 3.07. The van der Waals surface area contributed by atoms with Crippen molar-refractivity contribution < 1.29 is 14.6 Å². The van der Waals surface area contributed by atoms with Crippen molar-refractivity contribution in [1.29, 1.82) is 0 Å². The number of hydrogen-bond donors (Lipinski definition) is 1. The second-order valence-corrected chi connectivity index (χ2v) is 7.34. The smallest absolute Gasteiger partial charge is 0.162 e. The van der Waals surface area contributed by atoms with Crippen LogP contribution in [0.3, 0.4) is 0 Å². The summed E-state index contributed by atoms with van der Waals surface area (Å²) in [5.41, 5.74) is 1.87. The Balaban J connectivity index is 1.47. The lowest BCUT2D eigenvalue weighted by Gasteiger charge is -2.36. The lowest BCUT2D eigenvalue weighted by molar-refractivity contribution is -0.0561. The van der Waals surface area contributed by atoms with Gasteiger partial charge in [-0.25, -0.2) is 9.97 Å². The number of hydrogen-bond acceptors (Lipinski definition) is 6. The van der Waals surface area contributed by atoms with Crippen molar-refractivity contribution in [1.82, 2.24) is 14.9 Å². The first-order valence-electron chi connectivity index (χ1n) is 9.09. The fourth-order valence-corrected chi connectivity index (χ4v) is 4.21. The van der Waals surface area contributed by atoms with Crippen LogP contribution in [0.5, 0.6) is 5.75 Å². The quantitative estimate of drug-likeness (QED) is 0.885. The zero-order chi connectivity index (χ0) is 18.0. The van der Waals surface area contributed by atoms with E-state index >= 15 is 0 Å². The molecule has 0 bridgehead atoms. The van der Waals surface area contributed by atoms with Crippen molar-refractivity contribution in [3.8, 4) is 17.1 Å². The van der Waals surface area contributed by atoms with Gasteiger partial charge in [-0.1, -0.05) is 12.1 Å². The van der Waals surface area contributed by atoms with E-state index in [0.717, 1.165) is 49.5 Å². The van der Waals surface area contributed by atoms with Gasteiger partial charge >= 0.3 is 0 Å². The first-order valence-corrected chi connectivity index (χ1v) is 9.09. The van der Waals surface area contributed by atoms with Crippen LogP contribution in [0.2, 0.25) is 0 Å². The maximum atomic E-state index is 9.90. The van der Waals surface area contributed by atoms with Crippen LogP contribution in [0.15, 0.2) is 36.7 Å². The van der Waals surface area contributed by atoms with Crippen LogP contribution in [0, 0.1) is 11.3 Å². The zero-order valence-electron chi connectivity index (χ0n) is 15.1. The Labute approximate surface area is 153 Å². The molecule has 1 aromatic carbocycles. The Hall–Kier alpha value is -2.02. The van der Waals surface area contributed by atoms with E-state index in [1.807, 2.05) is 36.7 Å². The van der Waals surface area contributed by atoms with Crippen LogP contribution >= 0.6 is 0 Å². The molecule has 0 unspecified atom stereocenters. The molecule has 2 atom stereocenters. The first-order chi connectivity index (χ1) is 12.7. The Morgan fingerprint density at radius 3 is 2.85 bits per heavy atom. The highest BCUT2D eigenvalue weighted by molar-refractivity contribution is 5.63. The summed E-state index contributed by atoms with van der Waals surface area (Å²) in [6, 6.07) is 7.76. The normalized spacial score (nSPS) is 25.8. The molecule has 6 nitrogen and oxygen atoms in total. The van der Waals surface area contributed by atoms with E-state index in [1.165, 1.54) is 0 Å². The van der Waals surface area contributed by atoms with E-state index in [0.29, 0.717) is 18.3 Å². The summed E-state index contributed by atoms with van der Waals surface area (Å²) in [7, 11) is 1.65. The van der Waals surface area contributed by atoms with Crippen molar-refractivity contribution in [3.05, 3.63) is 42.2 Å². The summed E-state index contributed by atoms with van der Waals surface area (Å²) >= 11 is 0. The Bertz CT molecular complexity index is 752. The number of para-hydroxylation sites is 1. The number of aliphatic hydroxyl groups is 1. The molecule has 138 valence electrons. The van der Waals surface area contributed by atoms with E-state index < -0.39 is 0 Å². The van der Waals surface area contributed by atoms with Crippen LogP contribution in [0.4, 0.5) is 0 Å². The second-order valence-electron chi connectivity index (χ2n) is 7.34. The summed E-state index contributed by atoms with van der Waals surface area (Å²) < 4.78 is 11.0. The molecule has 2 aliphatic heterocycles. The molecule has 3 heterocycles. The monoisotopic (exact) mass is 355 g/mol. The van der Waals surface area contributed by atoms with Gasteiger partial charge in [0.25, 0.3) is 0 Å². The molecule has 0 amide bonds. The van der Waals surface area contributed by atoms with Crippen LogP contribution in [-0.2, 0) is 11.3 Å². The lowest BCUT2D eigenvalue weighted by Crippen LogP contribution is -2.42. The van der Waals surface area contributed by atoms with E-state index in [4.69, 9.17) is 9.47 Å². The van der Waals surface area contributed by atoms with Gasteiger partial charge < -0.3 is 14.6 Å². The molecular formula is C20H25N3O3. The fraction of sp³-hybridized carbons (Fsp3) is 0.500. The standard InChI is InChI=1S/C20H25N3O3/c1-25-18-5-3-2-4-17(18)19-21-8-15(9-22-19)10-23-11-16-6-7-26-14-20(16,12-23)13-24/h2-5,8-9,16,24H,6-7,10-14H2,1H3/t16-,20+/m0/s1. The fourth-order valence-electron chi connectivity index (χ4n) is 4.21. The molecule has 2 fully saturated rings. The summed E-state index contributed by atoms with van der Waals surface area (Å²) in [5, 5.41) is 9.90. The van der Waals surface area contributed by atoms with Gasteiger partial charge in [0.05, 0.1) is 25.9 Å². The highest BCUT2D eigenvalue weighted by Crippen LogP contribution is 2.41. The Morgan fingerprint density at radius 2 is 2.12 bits per heavy atom. The summed E-state index contributed by atoms with van der Waals surface area (Å²) in [5.74, 6) is 1.95. The van der Waals surface area contributed by atoms with Crippen molar-refractivity contribution in [3.63, 3.8) is 0 Å². The number of aliphatic hydroxyl groups excluding tert-OH is 1. The summed E-state index contributed by atoms with van der Waals surface area (Å²) in [4.78, 5) is 11.5. The van der Waals surface area contributed by atoms with Gasteiger partial charge in [-0.15, -0.1) is 0 Å². The summed E-state index contributed by atoms with van der Waals surface area (Å²) in [6.07, 6.45) is 4.80. The van der Waals surface area contributed by atoms with Crippen molar-refractivity contribution in [2.24, 2.45) is 11.3 Å². The number of ether oxygens (including phenoxy) is 2. The Morgan fingerprint density at radius 1 is 1.31 bits per heavy atom. The highest BCUT2D eigenvalue weighted by atomic mass is 16.5. The minimum atomic E-state index is -0.101. The van der Waals surface area contributed by atoms with E-state index in [1.54, 1.807) is 7.11 Å². The average molecular weight is 355 g/mol. The van der Waals surface area contributed by atoms with Gasteiger partial charge in [-0.05, 0) is 24.5 Å². The molecule has 0 saturated carbocycles. The van der Waals surface area contributed by atoms with Crippen molar-refractivity contribution in [2.75, 3.05) is 40.0 Å². The second kappa shape index (κ2) is 7.31. The topological polar surface area (TPSA) is 67.7 Å². The highest BCUT2D eigenvalue weighted by Gasteiger charge is 2.47. The van der Waals surface area contributed by atoms with Gasteiger partial charge in [0.2, 0.25) is 0 Å². The predicted molar refractivity (Wildman–Crippen MR) is 97.7 cm³/mol. The van der Waals surface area contributed by atoms with Crippen LogP contribution < -0.4 is 4.74 Å². The zero-order valence-corrected chi connectivity index (χ0v) is 15.1. The number of aromatic nitrogens is 2. The Kier molecular flexibility index (Phi) is 4.89. The molecule has 2 aliphatic rings. The van der Waals surface area contributed by atoms with Crippen LogP contribution in [0.1, 0.15) is 12.0 Å². The molecule has 4 rings (SSSR count). The van der Waals surface area contributed by atoms with Gasteiger partial charge in [0, 0.05) is 49.6 Å². The first kappa shape index (κ1) is 17.4. The number of likely N-dealkylation sites (tertiary alicyclic amines) is 1. The van der Waals surface area contributed by atoms with E-state index in [-0.39, 0.29) is 12.0 Å². The third-order valence-corrected chi connectivity index (χ3v) is 5.66. The van der Waals surface area contributed by atoms with E-state index in [9.17, 15) is 5.11 Å². The molecule has 0 radical (unpaired) electrons. The third-order valence-electron chi connectivity index (χ3n) is 5.66. The molecular weight excluding hydrogens is 330 g/mol. The van der Waals surface area contributed by atoms with E-state index in [2.05, 4.69) is 14.9 Å². The van der Waals surface area contributed by atoms with Gasteiger partial charge in [0.1, 0.15) is 5.75 Å².